The summed E-state index contributed by atoms with van der Waals surface area (Å²) in [5.41, 5.74) is -1.89. The predicted octanol–water partition coefficient (Wildman–Crippen LogP) is 3.02. The van der Waals surface area contributed by atoms with Gasteiger partial charge in [0.05, 0.1) is 18.6 Å². The Bertz CT molecular complexity index is 857. The van der Waals surface area contributed by atoms with Crippen LogP contribution in [0.25, 0.3) is 0 Å². The van der Waals surface area contributed by atoms with Gasteiger partial charge in [-0.05, 0) is 51.0 Å². The molecule has 0 saturated heterocycles. The molecule has 0 heterocycles. The number of fused-ring (bicyclic) bond motifs is 1. The van der Waals surface area contributed by atoms with Crippen LogP contribution in [0.4, 0.5) is 0 Å². The number of hydrogen-bond acceptors (Lipinski definition) is 6. The Labute approximate surface area is 170 Å². The summed E-state index contributed by atoms with van der Waals surface area (Å²) >= 11 is 0. The van der Waals surface area contributed by atoms with Crippen molar-refractivity contribution in [1.29, 1.82) is 0 Å². The molecule has 3 unspecified atom stereocenters. The summed E-state index contributed by atoms with van der Waals surface area (Å²) in [6.07, 6.45) is 2.70. The number of carbonyl (C=O) groups is 3. The highest BCUT2D eigenvalue weighted by Gasteiger charge is 2.64. The number of carbonyl (C=O) groups excluding carboxylic acids is 3. The summed E-state index contributed by atoms with van der Waals surface area (Å²) in [6, 6.07) is 7.19. The molecule has 1 N–H and O–H groups in total. The predicted molar refractivity (Wildman–Crippen MR) is 106 cm³/mol. The maximum absolute atomic E-state index is 13.7. The lowest BCUT2D eigenvalue weighted by molar-refractivity contribution is -0.179. The minimum atomic E-state index is -2.04. The summed E-state index contributed by atoms with van der Waals surface area (Å²) in [4.78, 5) is 39.3. The van der Waals surface area contributed by atoms with Gasteiger partial charge >= 0.3 is 11.9 Å². The van der Waals surface area contributed by atoms with E-state index in [9.17, 15) is 19.5 Å². The van der Waals surface area contributed by atoms with Crippen LogP contribution in [-0.4, -0.2) is 41.6 Å². The van der Waals surface area contributed by atoms with E-state index >= 15 is 0 Å². The normalized spacial score (nSPS) is 28.5. The van der Waals surface area contributed by atoms with Gasteiger partial charge in [0.25, 0.3) is 0 Å². The molecule has 2 aliphatic carbocycles. The Hall–Kier alpha value is -2.47. The summed E-state index contributed by atoms with van der Waals surface area (Å²) in [5, 5.41) is 11.7. The van der Waals surface area contributed by atoms with Crippen molar-refractivity contribution in [3.05, 3.63) is 47.0 Å². The highest BCUT2D eigenvalue weighted by molar-refractivity contribution is 6.09. The van der Waals surface area contributed by atoms with E-state index in [4.69, 9.17) is 9.47 Å². The molecular formula is C23H28O6. The Kier molecular flexibility index (Phi) is 5.94. The molecule has 2 aliphatic rings. The number of aryl methyl sites for hydroxylation is 1. The molecule has 0 aromatic heterocycles. The first-order valence-corrected chi connectivity index (χ1v) is 10.3. The summed E-state index contributed by atoms with van der Waals surface area (Å²) in [7, 11) is 0. The van der Waals surface area contributed by atoms with Crippen molar-refractivity contribution >= 4 is 17.7 Å². The van der Waals surface area contributed by atoms with E-state index in [1.165, 1.54) is 6.08 Å². The minimum Gasteiger partial charge on any atom is -0.464 e. The van der Waals surface area contributed by atoms with Crippen molar-refractivity contribution in [3.8, 4) is 0 Å². The fraction of sp³-hybridized carbons (Fsp3) is 0.522. The van der Waals surface area contributed by atoms with Crippen molar-refractivity contribution in [3.63, 3.8) is 0 Å². The van der Waals surface area contributed by atoms with Crippen LogP contribution in [0.2, 0.25) is 0 Å². The molecule has 1 aromatic carbocycles. The third-order valence-electron chi connectivity index (χ3n) is 6.19. The number of ether oxygens (including phenoxy) is 2. The Morgan fingerprint density at radius 2 is 1.83 bits per heavy atom. The molecule has 0 radical (unpaired) electrons. The zero-order valence-electron chi connectivity index (χ0n) is 17.2. The molecule has 29 heavy (non-hydrogen) atoms. The number of esters is 2. The average Bonchev–Trinajstić information content (AvgIpc) is 2.72. The van der Waals surface area contributed by atoms with Gasteiger partial charge < -0.3 is 14.6 Å². The summed E-state index contributed by atoms with van der Waals surface area (Å²) in [5.74, 6) is -2.08. The Balaban J connectivity index is 2.22. The highest BCUT2D eigenvalue weighted by Crippen LogP contribution is 2.53. The van der Waals surface area contributed by atoms with Gasteiger partial charge in [-0.3, -0.25) is 4.79 Å². The second kappa shape index (κ2) is 8.11. The number of hydrogen-bond donors (Lipinski definition) is 1. The molecule has 1 aromatic rings. The van der Waals surface area contributed by atoms with Crippen LogP contribution < -0.4 is 0 Å². The maximum Gasteiger partial charge on any atom is 0.339 e. The number of benzene rings is 1. The zero-order chi connectivity index (χ0) is 21.2. The maximum atomic E-state index is 13.7. The molecule has 3 atom stereocenters. The molecular weight excluding hydrogens is 372 g/mol. The van der Waals surface area contributed by atoms with Crippen LogP contribution in [0, 0.1) is 11.3 Å². The van der Waals surface area contributed by atoms with E-state index in [0.29, 0.717) is 24.0 Å². The fourth-order valence-corrected chi connectivity index (χ4v) is 4.65. The van der Waals surface area contributed by atoms with Gasteiger partial charge in [-0.25, -0.2) is 9.59 Å². The second-order valence-corrected chi connectivity index (χ2v) is 7.67. The zero-order valence-corrected chi connectivity index (χ0v) is 17.2. The molecule has 0 amide bonds. The Morgan fingerprint density at radius 3 is 2.48 bits per heavy atom. The average molecular weight is 400 g/mol. The van der Waals surface area contributed by atoms with Crippen LogP contribution in [0.15, 0.2) is 35.9 Å². The van der Waals surface area contributed by atoms with Crippen LogP contribution in [0.5, 0.6) is 0 Å². The van der Waals surface area contributed by atoms with Crippen LogP contribution in [0.1, 0.15) is 56.0 Å². The molecule has 0 aliphatic heterocycles. The van der Waals surface area contributed by atoms with Gasteiger partial charge in [-0.15, -0.1) is 0 Å². The van der Waals surface area contributed by atoms with Crippen LogP contribution in [-0.2, 0) is 25.5 Å². The Morgan fingerprint density at radius 1 is 1.14 bits per heavy atom. The van der Waals surface area contributed by atoms with Crippen LogP contribution in [0.3, 0.4) is 0 Å². The first-order valence-electron chi connectivity index (χ1n) is 10.3. The number of rotatable bonds is 5. The first-order chi connectivity index (χ1) is 13.8. The molecule has 1 spiro atoms. The number of aliphatic hydroxyl groups is 1. The van der Waals surface area contributed by atoms with E-state index in [1.807, 2.05) is 19.1 Å². The SMILES string of the molecule is CCOC(=O)C1=CC2(CCc3ccccc3C2=O)C(O)(C(=O)OCC)CC1CC. The van der Waals surface area contributed by atoms with Gasteiger partial charge in [0.2, 0.25) is 0 Å². The quantitative estimate of drug-likeness (QED) is 0.764. The number of ketones is 1. The van der Waals surface area contributed by atoms with E-state index < -0.39 is 28.9 Å². The van der Waals surface area contributed by atoms with Crippen molar-refractivity contribution in [2.45, 2.75) is 52.1 Å². The lowest BCUT2D eigenvalue weighted by Gasteiger charge is -2.49. The highest BCUT2D eigenvalue weighted by atomic mass is 16.6. The molecule has 6 heteroatoms. The topological polar surface area (TPSA) is 89.9 Å². The monoisotopic (exact) mass is 400 g/mol. The largest absolute Gasteiger partial charge is 0.464 e. The van der Waals surface area contributed by atoms with Gasteiger partial charge in [0.15, 0.2) is 11.4 Å². The van der Waals surface area contributed by atoms with Crippen molar-refractivity contribution in [2.75, 3.05) is 13.2 Å². The smallest absolute Gasteiger partial charge is 0.339 e. The number of Topliss-reactive ketones (excluding diaryl/α,β-unsaturated/α-hetero) is 1. The van der Waals surface area contributed by atoms with Gasteiger partial charge in [0.1, 0.15) is 0 Å². The van der Waals surface area contributed by atoms with Gasteiger partial charge in [-0.1, -0.05) is 37.3 Å². The molecule has 0 fully saturated rings. The molecule has 0 saturated carbocycles. The van der Waals surface area contributed by atoms with Crippen molar-refractivity contribution in [2.24, 2.45) is 11.3 Å². The van der Waals surface area contributed by atoms with Crippen LogP contribution >= 0.6 is 0 Å². The third-order valence-corrected chi connectivity index (χ3v) is 6.19. The second-order valence-electron chi connectivity index (χ2n) is 7.67. The van der Waals surface area contributed by atoms with Crippen molar-refractivity contribution < 1.29 is 29.0 Å². The lowest BCUT2D eigenvalue weighted by Crippen LogP contribution is -2.62. The lowest BCUT2D eigenvalue weighted by atomic mass is 9.54. The summed E-state index contributed by atoms with van der Waals surface area (Å²) in [6.45, 7) is 5.55. The van der Waals surface area contributed by atoms with Gasteiger partial charge in [0, 0.05) is 11.1 Å². The van der Waals surface area contributed by atoms with E-state index in [1.54, 1.807) is 26.0 Å². The standard InChI is InChI=1S/C23H28O6/c1-4-15-13-23(27,21(26)29-6-3)22(14-18(15)20(25)28-5-2)12-11-16-9-7-8-10-17(16)19(22)24/h7-10,14-15,27H,4-6,11-13H2,1-3H3. The molecule has 0 bridgehead atoms. The van der Waals surface area contributed by atoms with E-state index in [-0.39, 0.29) is 31.8 Å². The van der Waals surface area contributed by atoms with Gasteiger partial charge in [-0.2, -0.15) is 0 Å². The van der Waals surface area contributed by atoms with E-state index in [0.717, 1.165) is 5.56 Å². The van der Waals surface area contributed by atoms with E-state index in [2.05, 4.69) is 0 Å². The minimum absolute atomic E-state index is 0.0547. The summed E-state index contributed by atoms with van der Waals surface area (Å²) < 4.78 is 10.4. The molecule has 3 rings (SSSR count). The first kappa shape index (κ1) is 21.2. The third kappa shape index (κ3) is 3.29. The molecule has 6 nitrogen and oxygen atoms in total. The van der Waals surface area contributed by atoms with Crippen molar-refractivity contribution in [1.82, 2.24) is 0 Å². The fourth-order valence-electron chi connectivity index (χ4n) is 4.65. The molecule has 156 valence electrons.